The summed E-state index contributed by atoms with van der Waals surface area (Å²) in [5.74, 6) is 1.02. The number of benzene rings is 1. The Bertz CT molecular complexity index is 981. The number of likely N-dealkylation sites (tertiary alicyclic amines) is 1. The van der Waals surface area contributed by atoms with E-state index in [1.165, 1.54) is 0 Å². The van der Waals surface area contributed by atoms with E-state index in [0.717, 1.165) is 29.8 Å². The van der Waals surface area contributed by atoms with Gasteiger partial charge in [0.1, 0.15) is 5.75 Å². The van der Waals surface area contributed by atoms with Gasteiger partial charge in [-0.2, -0.15) is 5.10 Å². The molecule has 2 aromatic heterocycles. The molecule has 1 aromatic carbocycles. The highest BCUT2D eigenvalue weighted by molar-refractivity contribution is 6.31. The summed E-state index contributed by atoms with van der Waals surface area (Å²) >= 11 is 6.11. The van der Waals surface area contributed by atoms with Crippen LogP contribution in [-0.4, -0.2) is 39.8 Å². The number of aromatic amines is 1. The molecule has 1 aliphatic heterocycles. The van der Waals surface area contributed by atoms with Gasteiger partial charge in [0, 0.05) is 17.6 Å². The maximum Gasteiger partial charge on any atom is 0.258 e. The van der Waals surface area contributed by atoms with Crippen LogP contribution in [0.2, 0.25) is 5.02 Å². The van der Waals surface area contributed by atoms with Gasteiger partial charge in [0.15, 0.2) is 5.76 Å². The lowest BCUT2D eigenvalue weighted by Gasteiger charge is -2.25. The van der Waals surface area contributed by atoms with Crippen molar-refractivity contribution >= 4 is 17.5 Å². The van der Waals surface area contributed by atoms with E-state index in [1.54, 1.807) is 31.5 Å². The number of aromatic nitrogens is 3. The molecule has 27 heavy (non-hydrogen) atoms. The second kappa shape index (κ2) is 7.08. The Kier molecular flexibility index (Phi) is 4.61. The predicted molar refractivity (Wildman–Crippen MR) is 99.8 cm³/mol. The van der Waals surface area contributed by atoms with E-state index in [2.05, 4.69) is 15.4 Å². The summed E-state index contributed by atoms with van der Waals surface area (Å²) < 4.78 is 10.7. The number of nitrogens with zero attached hydrogens (tertiary/aromatic N) is 3. The van der Waals surface area contributed by atoms with Gasteiger partial charge in [0.2, 0.25) is 0 Å². The van der Waals surface area contributed by atoms with E-state index in [-0.39, 0.29) is 11.9 Å². The van der Waals surface area contributed by atoms with Crippen molar-refractivity contribution in [2.75, 3.05) is 13.7 Å². The molecule has 3 heterocycles. The Labute approximate surface area is 161 Å². The Morgan fingerprint density at radius 1 is 1.41 bits per heavy atom. The quantitative estimate of drug-likeness (QED) is 0.732. The average molecular weight is 387 g/mol. The Balaban J connectivity index is 1.69. The summed E-state index contributed by atoms with van der Waals surface area (Å²) in [6.07, 6.45) is 3.43. The number of H-pyrrole nitrogens is 1. The first-order chi connectivity index (χ1) is 13.1. The van der Waals surface area contributed by atoms with Crippen LogP contribution in [0.4, 0.5) is 0 Å². The largest absolute Gasteiger partial charge is 0.496 e. The van der Waals surface area contributed by atoms with E-state index < -0.39 is 0 Å². The molecule has 1 N–H and O–H groups in total. The van der Waals surface area contributed by atoms with E-state index in [1.807, 2.05) is 17.9 Å². The fourth-order valence-electron chi connectivity index (χ4n) is 3.55. The number of aryl methyl sites for hydroxylation is 1. The normalized spacial score (nSPS) is 16.7. The van der Waals surface area contributed by atoms with E-state index in [9.17, 15) is 4.79 Å². The molecule has 1 aliphatic rings. The summed E-state index contributed by atoms with van der Waals surface area (Å²) in [4.78, 5) is 15.1. The minimum absolute atomic E-state index is 0.119. The average Bonchev–Trinajstić information content (AvgIpc) is 3.40. The molecule has 3 aromatic rings. The molecule has 4 rings (SSSR count). The standard InChI is InChI=1S/C19H19ClN4O3/c1-11-8-17(27-23-11)14-10-21-22-18(14)15-4-3-7-24(15)19(25)13-9-12(20)5-6-16(13)26-2/h5-6,8-10,15H,3-4,7H2,1-2H3,(H,21,22)/t15-/m1/s1. The Morgan fingerprint density at radius 2 is 2.26 bits per heavy atom. The van der Waals surface area contributed by atoms with Crippen LogP contribution < -0.4 is 4.74 Å². The number of methoxy groups -OCH3 is 1. The van der Waals surface area contributed by atoms with E-state index in [4.69, 9.17) is 20.9 Å². The zero-order chi connectivity index (χ0) is 19.0. The van der Waals surface area contributed by atoms with Gasteiger partial charge < -0.3 is 14.2 Å². The zero-order valence-electron chi connectivity index (χ0n) is 15.0. The van der Waals surface area contributed by atoms with Gasteiger partial charge in [-0.05, 0) is 38.0 Å². The molecular weight excluding hydrogens is 368 g/mol. The van der Waals surface area contributed by atoms with Crippen LogP contribution in [-0.2, 0) is 0 Å². The third kappa shape index (κ3) is 3.19. The van der Waals surface area contributed by atoms with Gasteiger partial charge in [0.25, 0.3) is 5.91 Å². The van der Waals surface area contributed by atoms with Crippen molar-refractivity contribution in [3.63, 3.8) is 0 Å². The Hall–Kier alpha value is -2.80. The smallest absolute Gasteiger partial charge is 0.258 e. The molecule has 1 saturated heterocycles. The van der Waals surface area contributed by atoms with Crippen molar-refractivity contribution in [3.05, 3.63) is 52.4 Å². The monoisotopic (exact) mass is 386 g/mol. The van der Waals surface area contributed by atoms with Crippen molar-refractivity contribution in [1.29, 1.82) is 0 Å². The topological polar surface area (TPSA) is 84.2 Å². The minimum atomic E-state index is -0.135. The molecule has 0 bridgehead atoms. The number of carbonyl (C=O) groups is 1. The van der Waals surface area contributed by atoms with Crippen molar-refractivity contribution in [1.82, 2.24) is 20.3 Å². The van der Waals surface area contributed by atoms with Crippen LogP contribution in [0.3, 0.4) is 0 Å². The SMILES string of the molecule is COc1ccc(Cl)cc1C(=O)N1CCC[C@@H]1c1[nH]ncc1-c1cc(C)no1. The number of rotatable bonds is 4. The van der Waals surface area contributed by atoms with Gasteiger partial charge in [0.05, 0.1) is 41.9 Å². The highest BCUT2D eigenvalue weighted by atomic mass is 35.5. The summed E-state index contributed by atoms with van der Waals surface area (Å²) in [5.41, 5.74) is 2.91. The lowest BCUT2D eigenvalue weighted by molar-refractivity contribution is 0.0729. The number of carbonyl (C=O) groups excluding carboxylic acids is 1. The van der Waals surface area contributed by atoms with E-state index in [0.29, 0.717) is 28.6 Å². The lowest BCUT2D eigenvalue weighted by atomic mass is 10.0. The van der Waals surface area contributed by atoms with Gasteiger partial charge >= 0.3 is 0 Å². The fraction of sp³-hybridized carbons (Fsp3) is 0.316. The van der Waals surface area contributed by atoms with Gasteiger partial charge in [-0.1, -0.05) is 16.8 Å². The molecule has 0 saturated carbocycles. The summed E-state index contributed by atoms with van der Waals surface area (Å²) in [6, 6.07) is 6.78. The molecule has 7 nitrogen and oxygen atoms in total. The second-order valence-electron chi connectivity index (χ2n) is 6.53. The molecule has 0 radical (unpaired) electrons. The van der Waals surface area contributed by atoms with Crippen molar-refractivity contribution in [3.8, 4) is 17.1 Å². The van der Waals surface area contributed by atoms with Crippen LogP contribution in [0, 0.1) is 6.92 Å². The minimum Gasteiger partial charge on any atom is -0.496 e. The maximum atomic E-state index is 13.3. The second-order valence-corrected chi connectivity index (χ2v) is 6.97. The number of halogens is 1. The van der Waals surface area contributed by atoms with Crippen LogP contribution in [0.25, 0.3) is 11.3 Å². The predicted octanol–water partition coefficient (Wildman–Crippen LogP) is 4.01. The Morgan fingerprint density at radius 3 is 3.00 bits per heavy atom. The first-order valence-corrected chi connectivity index (χ1v) is 9.07. The fourth-order valence-corrected chi connectivity index (χ4v) is 3.72. The maximum absolute atomic E-state index is 13.3. The number of ether oxygens (including phenoxy) is 1. The van der Waals surface area contributed by atoms with Gasteiger partial charge in [-0.3, -0.25) is 9.89 Å². The number of hydrogen-bond acceptors (Lipinski definition) is 5. The van der Waals surface area contributed by atoms with Crippen molar-refractivity contribution < 1.29 is 14.1 Å². The highest BCUT2D eigenvalue weighted by Crippen LogP contribution is 2.38. The molecule has 140 valence electrons. The van der Waals surface area contributed by atoms with E-state index >= 15 is 0 Å². The van der Waals surface area contributed by atoms with Crippen LogP contribution in [0.5, 0.6) is 5.75 Å². The molecule has 1 fully saturated rings. The molecule has 1 amide bonds. The van der Waals surface area contributed by atoms with Crippen LogP contribution >= 0.6 is 11.6 Å². The molecular formula is C19H19ClN4O3. The molecule has 1 atom stereocenters. The third-order valence-electron chi connectivity index (χ3n) is 4.80. The summed E-state index contributed by atoms with van der Waals surface area (Å²) in [7, 11) is 1.54. The summed E-state index contributed by atoms with van der Waals surface area (Å²) in [5, 5.41) is 11.7. The number of hydrogen-bond donors (Lipinski definition) is 1. The molecule has 8 heteroatoms. The first-order valence-electron chi connectivity index (χ1n) is 8.70. The third-order valence-corrected chi connectivity index (χ3v) is 5.04. The highest BCUT2D eigenvalue weighted by Gasteiger charge is 2.35. The van der Waals surface area contributed by atoms with Gasteiger partial charge in [-0.15, -0.1) is 0 Å². The van der Waals surface area contributed by atoms with Crippen molar-refractivity contribution in [2.45, 2.75) is 25.8 Å². The van der Waals surface area contributed by atoms with Crippen LogP contribution in [0.15, 0.2) is 35.0 Å². The molecule has 0 unspecified atom stereocenters. The van der Waals surface area contributed by atoms with Crippen molar-refractivity contribution in [2.24, 2.45) is 0 Å². The molecule has 0 aliphatic carbocycles. The lowest BCUT2D eigenvalue weighted by Crippen LogP contribution is -2.31. The first kappa shape index (κ1) is 17.6. The summed E-state index contributed by atoms with van der Waals surface area (Å²) in [6.45, 7) is 2.51. The van der Waals surface area contributed by atoms with Crippen LogP contribution in [0.1, 0.15) is 40.6 Å². The van der Waals surface area contributed by atoms with Gasteiger partial charge in [-0.25, -0.2) is 0 Å². The number of amides is 1. The zero-order valence-corrected chi connectivity index (χ0v) is 15.8. The number of nitrogens with one attached hydrogen (secondary N) is 1. The molecule has 0 spiro atoms.